The molecule has 1 aliphatic rings. The van der Waals surface area contributed by atoms with E-state index in [9.17, 15) is 18.8 Å². The molecule has 33 heavy (non-hydrogen) atoms. The van der Waals surface area contributed by atoms with Gasteiger partial charge in [0.05, 0.1) is 22.0 Å². The number of aromatic nitrogens is 1. The summed E-state index contributed by atoms with van der Waals surface area (Å²) in [6, 6.07) is 10.8. The minimum Gasteiger partial charge on any atom is -0.452 e. The Balaban J connectivity index is 1.60. The number of para-hydroxylation sites is 2. The first-order chi connectivity index (χ1) is 15.6. The molecule has 2 aromatic carbocycles. The van der Waals surface area contributed by atoms with E-state index in [0.717, 1.165) is 0 Å². The van der Waals surface area contributed by atoms with Crippen LogP contribution in [0.15, 0.2) is 47.0 Å². The number of anilines is 2. The van der Waals surface area contributed by atoms with Crippen LogP contribution in [-0.4, -0.2) is 35.1 Å². The number of halogens is 2. The molecule has 2 amide bonds. The number of hydrogen-bond donors (Lipinski definition) is 1. The molecular formula is C23H19ClFN3O5. The largest absolute Gasteiger partial charge is 0.452 e. The number of nitrogens with zero attached hydrogens (tertiary/aromatic N) is 2. The SMILES string of the molecule is Cc1onc(-c2c(F)cccc2Cl)c1C(=O)OCC(=O)N1c2ccccc2NC(=O)C1(C)C. The van der Waals surface area contributed by atoms with Crippen LogP contribution in [0.4, 0.5) is 15.8 Å². The Morgan fingerprint density at radius 1 is 1.21 bits per heavy atom. The van der Waals surface area contributed by atoms with Crippen molar-refractivity contribution in [3.8, 4) is 11.3 Å². The lowest BCUT2D eigenvalue weighted by Gasteiger charge is -2.41. The van der Waals surface area contributed by atoms with Crippen LogP contribution in [0, 0.1) is 12.7 Å². The van der Waals surface area contributed by atoms with Crippen molar-refractivity contribution in [1.82, 2.24) is 5.16 Å². The van der Waals surface area contributed by atoms with Gasteiger partial charge in [-0.1, -0.05) is 35.0 Å². The fourth-order valence-corrected chi connectivity index (χ4v) is 3.92. The maximum atomic E-state index is 14.4. The van der Waals surface area contributed by atoms with Crippen LogP contribution in [0.1, 0.15) is 30.0 Å². The average Bonchev–Trinajstić information content (AvgIpc) is 3.13. The van der Waals surface area contributed by atoms with Crippen LogP contribution in [0.2, 0.25) is 5.02 Å². The molecule has 0 saturated heterocycles. The lowest BCUT2D eigenvalue weighted by atomic mass is 9.96. The fourth-order valence-electron chi connectivity index (χ4n) is 3.67. The molecule has 0 bridgehead atoms. The zero-order valence-electron chi connectivity index (χ0n) is 17.9. The van der Waals surface area contributed by atoms with Crippen LogP contribution in [-0.2, 0) is 14.3 Å². The number of nitrogens with one attached hydrogen (secondary N) is 1. The molecule has 0 saturated carbocycles. The van der Waals surface area contributed by atoms with Gasteiger partial charge in [-0.25, -0.2) is 9.18 Å². The van der Waals surface area contributed by atoms with Crippen molar-refractivity contribution >= 4 is 40.8 Å². The fraction of sp³-hybridized carbons (Fsp3) is 0.217. The number of hydrogen-bond acceptors (Lipinski definition) is 6. The van der Waals surface area contributed by atoms with E-state index in [-0.39, 0.29) is 33.5 Å². The van der Waals surface area contributed by atoms with Gasteiger partial charge in [0.25, 0.3) is 5.91 Å². The number of ether oxygens (including phenoxy) is 1. The summed E-state index contributed by atoms with van der Waals surface area (Å²) in [7, 11) is 0. The standard InChI is InChI=1S/C23H19ClFN3O5/c1-12-18(20(27-33-12)19-13(24)7-6-8-14(19)25)21(30)32-11-17(29)28-16-10-5-4-9-15(16)26-22(31)23(28,2)3/h4-10H,11H2,1-3H3,(H,26,31). The Hall–Kier alpha value is -3.72. The third-order valence-corrected chi connectivity index (χ3v) is 5.67. The summed E-state index contributed by atoms with van der Waals surface area (Å²) in [6.07, 6.45) is 0. The molecule has 3 aromatic rings. The summed E-state index contributed by atoms with van der Waals surface area (Å²) in [5.41, 5.74) is -0.674. The van der Waals surface area contributed by atoms with Gasteiger partial charge in [-0.3, -0.25) is 14.5 Å². The smallest absolute Gasteiger partial charge is 0.344 e. The molecule has 0 radical (unpaired) electrons. The molecule has 8 nitrogen and oxygen atoms in total. The highest BCUT2D eigenvalue weighted by Crippen LogP contribution is 2.37. The number of rotatable bonds is 4. The van der Waals surface area contributed by atoms with E-state index in [1.807, 2.05) is 0 Å². The van der Waals surface area contributed by atoms with Crippen LogP contribution in [0.3, 0.4) is 0 Å². The average molecular weight is 472 g/mol. The van der Waals surface area contributed by atoms with Gasteiger partial charge < -0.3 is 14.6 Å². The molecular weight excluding hydrogens is 453 g/mol. The molecule has 0 aliphatic carbocycles. The van der Waals surface area contributed by atoms with Gasteiger partial charge in [0.1, 0.15) is 28.4 Å². The molecule has 10 heteroatoms. The molecule has 1 N–H and O–H groups in total. The lowest BCUT2D eigenvalue weighted by molar-refractivity contribution is -0.128. The second-order valence-corrected chi connectivity index (χ2v) is 8.30. The van der Waals surface area contributed by atoms with Gasteiger partial charge in [-0.15, -0.1) is 0 Å². The molecule has 1 aliphatic heterocycles. The second-order valence-electron chi connectivity index (χ2n) is 7.89. The monoisotopic (exact) mass is 471 g/mol. The van der Waals surface area contributed by atoms with Gasteiger partial charge in [-0.05, 0) is 45.0 Å². The van der Waals surface area contributed by atoms with Crippen LogP contribution in [0.25, 0.3) is 11.3 Å². The van der Waals surface area contributed by atoms with Gasteiger partial charge >= 0.3 is 5.97 Å². The Morgan fingerprint density at radius 2 is 1.94 bits per heavy atom. The van der Waals surface area contributed by atoms with Crippen molar-refractivity contribution in [2.75, 3.05) is 16.8 Å². The first-order valence-corrected chi connectivity index (χ1v) is 10.3. The predicted octanol–water partition coefficient (Wildman–Crippen LogP) is 4.36. The van der Waals surface area contributed by atoms with E-state index >= 15 is 0 Å². The first-order valence-electron chi connectivity index (χ1n) is 9.94. The van der Waals surface area contributed by atoms with Crippen molar-refractivity contribution in [1.29, 1.82) is 0 Å². The van der Waals surface area contributed by atoms with E-state index in [0.29, 0.717) is 11.4 Å². The topological polar surface area (TPSA) is 102 Å². The number of fused-ring (bicyclic) bond motifs is 1. The van der Waals surface area contributed by atoms with E-state index in [2.05, 4.69) is 10.5 Å². The number of carbonyl (C=O) groups excluding carboxylic acids is 3. The zero-order chi connectivity index (χ0) is 23.9. The van der Waals surface area contributed by atoms with Gasteiger partial charge in [-0.2, -0.15) is 0 Å². The highest BCUT2D eigenvalue weighted by molar-refractivity contribution is 6.33. The normalized spacial score (nSPS) is 14.5. The van der Waals surface area contributed by atoms with Crippen molar-refractivity contribution in [2.45, 2.75) is 26.3 Å². The molecule has 170 valence electrons. The van der Waals surface area contributed by atoms with Gasteiger partial charge in [0, 0.05) is 0 Å². The Labute approximate surface area is 193 Å². The highest BCUT2D eigenvalue weighted by atomic mass is 35.5. The lowest BCUT2D eigenvalue weighted by Crippen LogP contribution is -2.59. The summed E-state index contributed by atoms with van der Waals surface area (Å²) in [5.74, 6) is -2.56. The molecule has 0 fully saturated rings. The van der Waals surface area contributed by atoms with Crippen molar-refractivity contribution in [2.24, 2.45) is 0 Å². The minimum atomic E-state index is -1.23. The third-order valence-electron chi connectivity index (χ3n) is 5.35. The van der Waals surface area contributed by atoms with E-state index in [1.54, 1.807) is 38.1 Å². The molecule has 4 rings (SSSR count). The number of aryl methyl sites for hydroxylation is 1. The number of carbonyl (C=O) groups is 3. The molecule has 0 spiro atoms. The summed E-state index contributed by atoms with van der Waals surface area (Å²) >= 11 is 6.10. The third kappa shape index (κ3) is 3.84. The number of amides is 2. The number of esters is 1. The van der Waals surface area contributed by atoms with Gasteiger partial charge in [0.2, 0.25) is 5.91 Å². The molecule has 2 heterocycles. The first kappa shape index (κ1) is 22.5. The van der Waals surface area contributed by atoms with E-state index in [1.165, 1.54) is 30.0 Å². The summed E-state index contributed by atoms with van der Waals surface area (Å²) in [5, 5.41) is 6.55. The summed E-state index contributed by atoms with van der Waals surface area (Å²) < 4.78 is 24.7. The highest BCUT2D eigenvalue weighted by Gasteiger charge is 2.43. The van der Waals surface area contributed by atoms with E-state index in [4.69, 9.17) is 20.9 Å². The molecule has 1 aromatic heterocycles. The van der Waals surface area contributed by atoms with Crippen molar-refractivity contribution in [3.05, 3.63) is 64.6 Å². The Morgan fingerprint density at radius 3 is 2.67 bits per heavy atom. The van der Waals surface area contributed by atoms with Crippen molar-refractivity contribution < 1.29 is 28.0 Å². The summed E-state index contributed by atoms with van der Waals surface area (Å²) in [6.45, 7) is 3.96. The Kier molecular flexibility index (Phi) is 5.67. The summed E-state index contributed by atoms with van der Waals surface area (Å²) in [4.78, 5) is 39.8. The number of benzene rings is 2. The van der Waals surface area contributed by atoms with Crippen LogP contribution >= 0.6 is 11.6 Å². The molecule has 0 unspecified atom stereocenters. The maximum absolute atomic E-state index is 14.4. The van der Waals surface area contributed by atoms with Crippen LogP contribution < -0.4 is 10.2 Å². The second kappa shape index (κ2) is 8.32. The van der Waals surface area contributed by atoms with Crippen molar-refractivity contribution in [3.63, 3.8) is 0 Å². The van der Waals surface area contributed by atoms with Crippen LogP contribution in [0.5, 0.6) is 0 Å². The zero-order valence-corrected chi connectivity index (χ0v) is 18.7. The van der Waals surface area contributed by atoms with Gasteiger partial charge in [0.15, 0.2) is 6.61 Å². The maximum Gasteiger partial charge on any atom is 0.344 e. The predicted molar refractivity (Wildman–Crippen MR) is 119 cm³/mol. The minimum absolute atomic E-state index is 0.0334. The van der Waals surface area contributed by atoms with E-state index < -0.39 is 29.8 Å². The quantitative estimate of drug-likeness (QED) is 0.567. The Bertz CT molecular complexity index is 1270. The molecule has 0 atom stereocenters.